The molecule has 1 fully saturated rings. The Kier molecular flexibility index (Phi) is 11.2. The number of ether oxygens (including phenoxy) is 1. The summed E-state index contributed by atoms with van der Waals surface area (Å²) in [5.74, 6) is -0.379. The van der Waals surface area contributed by atoms with E-state index in [1.54, 1.807) is 0 Å². The molecule has 0 aliphatic carbocycles. The average Bonchev–Trinajstić information content (AvgIpc) is 2.66. The first kappa shape index (κ1) is 25.1. The maximum absolute atomic E-state index is 13.7. The van der Waals surface area contributed by atoms with Crippen molar-refractivity contribution in [2.45, 2.75) is 24.8 Å². The van der Waals surface area contributed by atoms with Crippen LogP contribution in [-0.2, 0) is 14.6 Å². The maximum atomic E-state index is 13.7. The molecule has 1 aromatic rings. The average molecular weight is 528 g/mol. The van der Waals surface area contributed by atoms with Gasteiger partial charge in [0.15, 0.2) is 15.8 Å². The van der Waals surface area contributed by atoms with Crippen molar-refractivity contribution in [1.82, 2.24) is 15.5 Å². The number of morpholine rings is 1. The predicted octanol–water partition coefficient (Wildman–Crippen LogP) is 1.49. The van der Waals surface area contributed by atoms with Crippen LogP contribution in [0.5, 0.6) is 0 Å². The molecule has 2 rings (SSSR count). The summed E-state index contributed by atoms with van der Waals surface area (Å²) in [4.78, 5) is 6.59. The van der Waals surface area contributed by atoms with Gasteiger partial charge in [-0.25, -0.2) is 12.8 Å². The highest BCUT2D eigenvalue weighted by molar-refractivity contribution is 14.0. The molecule has 160 valence electrons. The second-order valence-electron chi connectivity index (χ2n) is 6.39. The van der Waals surface area contributed by atoms with Crippen LogP contribution < -0.4 is 10.6 Å². The van der Waals surface area contributed by atoms with Gasteiger partial charge < -0.3 is 15.4 Å². The van der Waals surface area contributed by atoms with Gasteiger partial charge in [0, 0.05) is 32.2 Å². The second-order valence-corrected chi connectivity index (χ2v) is 8.47. The number of rotatable bonds is 8. The molecular formula is C18H30FIN4O3S. The zero-order valence-corrected chi connectivity index (χ0v) is 19.5. The molecule has 0 saturated carbocycles. The lowest BCUT2D eigenvalue weighted by Crippen LogP contribution is -2.45. The fourth-order valence-corrected chi connectivity index (χ4v) is 4.05. The lowest BCUT2D eigenvalue weighted by Gasteiger charge is -2.31. The van der Waals surface area contributed by atoms with Crippen molar-refractivity contribution >= 4 is 39.8 Å². The molecule has 0 aromatic heterocycles. The van der Waals surface area contributed by atoms with Gasteiger partial charge in [0.25, 0.3) is 0 Å². The van der Waals surface area contributed by atoms with Crippen molar-refractivity contribution in [2.24, 2.45) is 4.99 Å². The van der Waals surface area contributed by atoms with Crippen LogP contribution in [0.3, 0.4) is 0 Å². The van der Waals surface area contributed by atoms with Gasteiger partial charge in [-0.3, -0.25) is 9.89 Å². The first-order valence-electron chi connectivity index (χ1n) is 9.25. The molecule has 10 heteroatoms. The molecular weight excluding hydrogens is 498 g/mol. The minimum Gasteiger partial charge on any atom is -0.379 e. The van der Waals surface area contributed by atoms with E-state index in [0.29, 0.717) is 19.0 Å². The first-order valence-corrected chi connectivity index (χ1v) is 10.9. The topological polar surface area (TPSA) is 83.0 Å². The van der Waals surface area contributed by atoms with Gasteiger partial charge in [0.1, 0.15) is 10.7 Å². The Labute approximate surface area is 184 Å². The van der Waals surface area contributed by atoms with E-state index in [4.69, 9.17) is 4.74 Å². The molecule has 1 aliphatic rings. The van der Waals surface area contributed by atoms with Crippen LogP contribution in [0.15, 0.2) is 34.2 Å². The zero-order chi connectivity index (χ0) is 19.7. The number of guanidine groups is 1. The Morgan fingerprint density at radius 1 is 1.29 bits per heavy atom. The van der Waals surface area contributed by atoms with Crippen molar-refractivity contribution in [2.75, 3.05) is 51.7 Å². The van der Waals surface area contributed by atoms with Gasteiger partial charge in [-0.15, -0.1) is 24.0 Å². The Hall–Kier alpha value is -0.980. The standard InChI is InChI=1S/C18H29FN4O3S.HI/c1-3-20-18(22-14-15(2)23-9-11-26-12-10-23)21-8-13-27(24,25)17-7-5-4-6-16(17)19;/h4-7,15H,3,8-14H2,1-2H3,(H2,20,21,22);1H. The summed E-state index contributed by atoms with van der Waals surface area (Å²) in [6.45, 7) is 8.71. The maximum Gasteiger partial charge on any atom is 0.191 e. The van der Waals surface area contributed by atoms with E-state index in [-0.39, 0.29) is 47.2 Å². The Bertz CT molecular complexity index is 727. The smallest absolute Gasteiger partial charge is 0.191 e. The van der Waals surface area contributed by atoms with E-state index in [9.17, 15) is 12.8 Å². The highest BCUT2D eigenvalue weighted by Crippen LogP contribution is 2.14. The number of halogens is 2. The molecule has 1 atom stereocenters. The predicted molar refractivity (Wildman–Crippen MR) is 120 cm³/mol. The summed E-state index contributed by atoms with van der Waals surface area (Å²) >= 11 is 0. The summed E-state index contributed by atoms with van der Waals surface area (Å²) < 4.78 is 43.7. The third-order valence-electron chi connectivity index (χ3n) is 4.36. The molecule has 0 spiro atoms. The summed E-state index contributed by atoms with van der Waals surface area (Å²) in [6.07, 6.45) is 0. The van der Waals surface area contributed by atoms with Gasteiger partial charge in [0.2, 0.25) is 0 Å². The lowest BCUT2D eigenvalue weighted by molar-refractivity contribution is 0.0220. The van der Waals surface area contributed by atoms with E-state index in [1.807, 2.05) is 6.92 Å². The molecule has 0 bridgehead atoms. The quantitative estimate of drug-likeness (QED) is 0.303. The SMILES string of the molecule is CCNC(=NCC(C)N1CCOCC1)NCCS(=O)(=O)c1ccccc1F.I. The Morgan fingerprint density at radius 3 is 2.61 bits per heavy atom. The van der Waals surface area contributed by atoms with Crippen molar-refractivity contribution in [1.29, 1.82) is 0 Å². The van der Waals surface area contributed by atoms with E-state index in [1.165, 1.54) is 18.2 Å². The molecule has 1 aromatic carbocycles. The highest BCUT2D eigenvalue weighted by Gasteiger charge is 2.19. The first-order chi connectivity index (χ1) is 12.9. The number of hydrogen-bond acceptors (Lipinski definition) is 5. The molecule has 1 heterocycles. The van der Waals surface area contributed by atoms with Crippen molar-refractivity contribution < 1.29 is 17.5 Å². The van der Waals surface area contributed by atoms with Gasteiger partial charge in [0.05, 0.1) is 25.5 Å². The van der Waals surface area contributed by atoms with Crippen LogP contribution in [0.2, 0.25) is 0 Å². The van der Waals surface area contributed by atoms with Crippen LogP contribution in [-0.4, -0.2) is 77.0 Å². The molecule has 7 nitrogen and oxygen atoms in total. The summed E-state index contributed by atoms with van der Waals surface area (Å²) in [7, 11) is -3.69. The van der Waals surface area contributed by atoms with Gasteiger partial charge in [-0.05, 0) is 26.0 Å². The van der Waals surface area contributed by atoms with Gasteiger partial charge in [-0.1, -0.05) is 12.1 Å². The number of aliphatic imine (C=N–C) groups is 1. The lowest BCUT2D eigenvalue weighted by atomic mass is 10.2. The van der Waals surface area contributed by atoms with E-state index >= 15 is 0 Å². The minimum absolute atomic E-state index is 0. The molecule has 0 amide bonds. The van der Waals surface area contributed by atoms with Crippen LogP contribution in [0.4, 0.5) is 4.39 Å². The Balaban J connectivity index is 0.00000392. The fraction of sp³-hybridized carbons (Fsp3) is 0.611. The third-order valence-corrected chi connectivity index (χ3v) is 6.10. The Morgan fingerprint density at radius 2 is 1.96 bits per heavy atom. The van der Waals surface area contributed by atoms with Crippen molar-refractivity contribution in [3.8, 4) is 0 Å². The molecule has 2 N–H and O–H groups in total. The molecule has 28 heavy (non-hydrogen) atoms. The number of nitrogens with one attached hydrogen (secondary N) is 2. The largest absolute Gasteiger partial charge is 0.379 e. The summed E-state index contributed by atoms with van der Waals surface area (Å²) in [6, 6.07) is 5.69. The molecule has 0 radical (unpaired) electrons. The van der Waals surface area contributed by atoms with E-state index in [0.717, 1.165) is 32.4 Å². The van der Waals surface area contributed by atoms with Crippen LogP contribution >= 0.6 is 24.0 Å². The van der Waals surface area contributed by atoms with Crippen molar-refractivity contribution in [3.63, 3.8) is 0 Å². The number of sulfone groups is 1. The second kappa shape index (κ2) is 12.6. The minimum atomic E-state index is -3.69. The number of nitrogens with zero attached hydrogens (tertiary/aromatic N) is 2. The van der Waals surface area contributed by atoms with Gasteiger partial charge in [-0.2, -0.15) is 0 Å². The highest BCUT2D eigenvalue weighted by atomic mass is 127. The molecule has 1 saturated heterocycles. The number of benzene rings is 1. The van der Waals surface area contributed by atoms with Crippen LogP contribution in [0, 0.1) is 5.82 Å². The van der Waals surface area contributed by atoms with E-state index in [2.05, 4.69) is 27.4 Å². The van der Waals surface area contributed by atoms with Crippen molar-refractivity contribution in [3.05, 3.63) is 30.1 Å². The van der Waals surface area contributed by atoms with Crippen LogP contribution in [0.25, 0.3) is 0 Å². The van der Waals surface area contributed by atoms with E-state index < -0.39 is 15.7 Å². The summed E-state index contributed by atoms with van der Waals surface area (Å²) in [5.41, 5.74) is 0. The molecule has 1 aliphatic heterocycles. The molecule has 1 unspecified atom stereocenters. The number of hydrogen-bond donors (Lipinski definition) is 2. The third kappa shape index (κ3) is 7.80. The van der Waals surface area contributed by atoms with Gasteiger partial charge >= 0.3 is 0 Å². The zero-order valence-electron chi connectivity index (χ0n) is 16.4. The summed E-state index contributed by atoms with van der Waals surface area (Å²) in [5, 5.41) is 6.12. The monoisotopic (exact) mass is 528 g/mol. The normalized spacial score (nSPS) is 16.9. The van der Waals surface area contributed by atoms with Crippen LogP contribution in [0.1, 0.15) is 13.8 Å². The fourth-order valence-electron chi connectivity index (χ4n) is 2.81.